The minimum atomic E-state index is -0.315. The van der Waals surface area contributed by atoms with Gasteiger partial charge in [-0.05, 0) is 44.2 Å². The van der Waals surface area contributed by atoms with Crippen LogP contribution in [0.1, 0.15) is 17.0 Å². The first-order chi connectivity index (χ1) is 13.6. The molecule has 0 atom stereocenters. The fourth-order valence-electron chi connectivity index (χ4n) is 3.32. The highest BCUT2D eigenvalue weighted by Crippen LogP contribution is 2.29. The van der Waals surface area contributed by atoms with Gasteiger partial charge >= 0.3 is 0 Å². The summed E-state index contributed by atoms with van der Waals surface area (Å²) < 4.78 is 21.3. The molecule has 142 valence electrons. The van der Waals surface area contributed by atoms with Gasteiger partial charge in [-0.1, -0.05) is 12.1 Å². The summed E-state index contributed by atoms with van der Waals surface area (Å²) in [5.41, 5.74) is 5.02. The Morgan fingerprint density at radius 2 is 1.89 bits per heavy atom. The molecule has 0 spiro atoms. The van der Waals surface area contributed by atoms with E-state index in [0.29, 0.717) is 17.0 Å². The maximum atomic E-state index is 14.2. The van der Waals surface area contributed by atoms with E-state index < -0.39 is 0 Å². The molecule has 1 N–H and O–H groups in total. The fraction of sp³-hybridized carbons (Fsp3) is 0.190. The van der Waals surface area contributed by atoms with Gasteiger partial charge in [0, 0.05) is 34.6 Å². The van der Waals surface area contributed by atoms with E-state index in [1.165, 1.54) is 13.2 Å². The number of ether oxygens (including phenoxy) is 1. The van der Waals surface area contributed by atoms with Gasteiger partial charge in [-0.25, -0.2) is 4.39 Å². The van der Waals surface area contributed by atoms with E-state index >= 15 is 0 Å². The fourth-order valence-corrected chi connectivity index (χ4v) is 3.32. The first-order valence-electron chi connectivity index (χ1n) is 8.91. The summed E-state index contributed by atoms with van der Waals surface area (Å²) >= 11 is 0. The van der Waals surface area contributed by atoms with Gasteiger partial charge < -0.3 is 10.1 Å². The zero-order valence-corrected chi connectivity index (χ0v) is 15.9. The standard InChI is InChI=1S/C21H20FN5O/c1-13-7-8-15(14(2)25-13)16-9-10-20(27-12-24-26-21(16)27)23-11-17-18(22)5-4-6-19(17)28-3/h4-10,12,23H,11H2,1-3H3. The molecule has 28 heavy (non-hydrogen) atoms. The van der Waals surface area contributed by atoms with Crippen molar-refractivity contribution in [1.29, 1.82) is 0 Å². The summed E-state index contributed by atoms with van der Waals surface area (Å²) in [7, 11) is 1.53. The Labute approximate surface area is 162 Å². The second kappa shape index (κ2) is 7.26. The Kier molecular flexibility index (Phi) is 4.65. The first kappa shape index (κ1) is 17.9. The maximum absolute atomic E-state index is 14.2. The summed E-state index contributed by atoms with van der Waals surface area (Å²) in [5.74, 6) is 0.946. The normalized spacial score (nSPS) is 11.0. The number of nitrogens with zero attached hydrogens (tertiary/aromatic N) is 4. The first-order valence-corrected chi connectivity index (χ1v) is 8.91. The lowest BCUT2D eigenvalue weighted by Gasteiger charge is -2.14. The molecule has 0 amide bonds. The summed E-state index contributed by atoms with van der Waals surface area (Å²) in [6.45, 7) is 4.22. The van der Waals surface area contributed by atoms with Gasteiger partial charge in [-0.2, -0.15) is 0 Å². The average Bonchev–Trinajstić information content (AvgIpc) is 3.17. The second-order valence-electron chi connectivity index (χ2n) is 6.52. The molecule has 0 radical (unpaired) electrons. The summed E-state index contributed by atoms with van der Waals surface area (Å²) in [4.78, 5) is 4.54. The predicted octanol–water partition coefficient (Wildman–Crippen LogP) is 4.17. The number of benzene rings is 1. The summed E-state index contributed by atoms with van der Waals surface area (Å²) in [6.07, 6.45) is 1.64. The maximum Gasteiger partial charge on any atom is 0.170 e. The third kappa shape index (κ3) is 3.15. The zero-order chi connectivity index (χ0) is 19.7. The topological polar surface area (TPSA) is 64.3 Å². The Balaban J connectivity index is 1.70. The van der Waals surface area contributed by atoms with Crippen LogP contribution in [-0.4, -0.2) is 26.7 Å². The number of hydrogen-bond donors (Lipinski definition) is 1. The van der Waals surface area contributed by atoms with Gasteiger partial charge in [0.1, 0.15) is 23.7 Å². The Morgan fingerprint density at radius 1 is 1.07 bits per heavy atom. The van der Waals surface area contributed by atoms with E-state index in [9.17, 15) is 4.39 Å². The number of pyridine rings is 2. The molecule has 4 rings (SSSR count). The van der Waals surface area contributed by atoms with Crippen LogP contribution in [0.15, 0.2) is 48.8 Å². The lowest BCUT2D eigenvalue weighted by molar-refractivity contribution is 0.405. The van der Waals surface area contributed by atoms with Crippen molar-refractivity contribution in [3.8, 4) is 16.9 Å². The zero-order valence-electron chi connectivity index (χ0n) is 15.9. The largest absolute Gasteiger partial charge is 0.496 e. The van der Waals surface area contributed by atoms with Crippen LogP contribution >= 0.6 is 0 Å². The van der Waals surface area contributed by atoms with Crippen molar-refractivity contribution < 1.29 is 9.13 Å². The molecular weight excluding hydrogens is 357 g/mol. The summed E-state index contributed by atoms with van der Waals surface area (Å²) in [5, 5.41) is 11.6. The van der Waals surface area contributed by atoms with Crippen molar-refractivity contribution >= 4 is 11.5 Å². The van der Waals surface area contributed by atoms with Crippen molar-refractivity contribution in [1.82, 2.24) is 19.6 Å². The van der Waals surface area contributed by atoms with Crippen molar-refractivity contribution in [2.24, 2.45) is 0 Å². The molecule has 3 heterocycles. The van der Waals surface area contributed by atoms with Crippen LogP contribution in [0.5, 0.6) is 5.75 Å². The number of methoxy groups -OCH3 is 1. The van der Waals surface area contributed by atoms with Crippen LogP contribution in [0.2, 0.25) is 0 Å². The van der Waals surface area contributed by atoms with Crippen molar-refractivity contribution in [3.05, 3.63) is 71.6 Å². The quantitative estimate of drug-likeness (QED) is 0.566. The Hall–Kier alpha value is -3.48. The second-order valence-corrected chi connectivity index (χ2v) is 6.52. The molecule has 3 aromatic heterocycles. The highest BCUT2D eigenvalue weighted by Gasteiger charge is 2.14. The number of aromatic nitrogens is 4. The molecule has 1 aromatic carbocycles. The van der Waals surface area contributed by atoms with Crippen LogP contribution in [0.3, 0.4) is 0 Å². The molecule has 0 saturated heterocycles. The average molecular weight is 377 g/mol. The number of nitrogens with one attached hydrogen (secondary N) is 1. The van der Waals surface area contributed by atoms with Gasteiger partial charge in [-0.15, -0.1) is 10.2 Å². The van der Waals surface area contributed by atoms with Crippen LogP contribution in [0.4, 0.5) is 10.2 Å². The molecule has 0 fully saturated rings. The Morgan fingerprint density at radius 3 is 2.68 bits per heavy atom. The van der Waals surface area contributed by atoms with Gasteiger partial charge in [0.2, 0.25) is 0 Å². The number of rotatable bonds is 5. The van der Waals surface area contributed by atoms with Crippen LogP contribution in [0.25, 0.3) is 16.8 Å². The van der Waals surface area contributed by atoms with E-state index in [-0.39, 0.29) is 12.4 Å². The third-order valence-electron chi connectivity index (χ3n) is 4.71. The molecule has 0 unspecified atom stereocenters. The monoisotopic (exact) mass is 377 g/mol. The molecule has 6 nitrogen and oxygen atoms in total. The SMILES string of the molecule is COc1cccc(F)c1CNc1ccc(-c2ccc(C)nc2C)c2nncn12. The number of halogens is 1. The van der Waals surface area contributed by atoms with Gasteiger partial charge in [-0.3, -0.25) is 9.38 Å². The van der Waals surface area contributed by atoms with Crippen LogP contribution < -0.4 is 10.1 Å². The third-order valence-corrected chi connectivity index (χ3v) is 4.71. The van der Waals surface area contributed by atoms with E-state index in [1.54, 1.807) is 18.5 Å². The molecule has 0 bridgehead atoms. The molecule has 0 aliphatic heterocycles. The highest BCUT2D eigenvalue weighted by atomic mass is 19.1. The van der Waals surface area contributed by atoms with Crippen LogP contribution in [0, 0.1) is 19.7 Å². The van der Waals surface area contributed by atoms with Crippen molar-refractivity contribution in [2.45, 2.75) is 20.4 Å². The molecule has 0 saturated carbocycles. The van der Waals surface area contributed by atoms with Crippen LogP contribution in [-0.2, 0) is 6.54 Å². The number of aryl methyl sites for hydroxylation is 2. The van der Waals surface area contributed by atoms with E-state index in [0.717, 1.165) is 28.3 Å². The lowest BCUT2D eigenvalue weighted by atomic mass is 10.1. The molecule has 7 heteroatoms. The molecule has 0 aliphatic carbocycles. The molecular formula is C21H20FN5O. The molecule has 0 aliphatic rings. The van der Waals surface area contributed by atoms with Gasteiger partial charge in [0.05, 0.1) is 7.11 Å². The van der Waals surface area contributed by atoms with Crippen molar-refractivity contribution in [3.63, 3.8) is 0 Å². The predicted molar refractivity (Wildman–Crippen MR) is 106 cm³/mol. The lowest BCUT2D eigenvalue weighted by Crippen LogP contribution is -2.07. The minimum Gasteiger partial charge on any atom is -0.496 e. The molecule has 4 aromatic rings. The Bertz CT molecular complexity index is 1150. The smallest absolute Gasteiger partial charge is 0.170 e. The van der Waals surface area contributed by atoms with E-state index in [1.807, 2.05) is 42.5 Å². The van der Waals surface area contributed by atoms with E-state index in [2.05, 4.69) is 20.5 Å². The van der Waals surface area contributed by atoms with E-state index in [4.69, 9.17) is 4.74 Å². The van der Waals surface area contributed by atoms with Crippen molar-refractivity contribution in [2.75, 3.05) is 12.4 Å². The summed E-state index contributed by atoms with van der Waals surface area (Å²) in [6, 6.07) is 12.7. The van der Waals surface area contributed by atoms with Gasteiger partial charge in [0.15, 0.2) is 5.65 Å². The van der Waals surface area contributed by atoms with Gasteiger partial charge in [0.25, 0.3) is 0 Å². The number of hydrogen-bond acceptors (Lipinski definition) is 5. The highest BCUT2D eigenvalue weighted by molar-refractivity contribution is 5.80. The number of anilines is 1. The minimum absolute atomic E-state index is 0.271. The number of fused-ring (bicyclic) bond motifs is 1.